The van der Waals surface area contributed by atoms with Gasteiger partial charge in [-0.3, -0.25) is 9.78 Å². The van der Waals surface area contributed by atoms with E-state index in [1.54, 1.807) is 30.4 Å². The highest BCUT2D eigenvalue weighted by atomic mass is 32.2. The molecule has 2 heterocycles. The molecule has 0 aromatic carbocycles. The van der Waals surface area contributed by atoms with Crippen molar-refractivity contribution < 1.29 is 13.2 Å². The number of nitrogens with one attached hydrogen (secondary N) is 1. The van der Waals surface area contributed by atoms with Crippen molar-refractivity contribution in [2.75, 3.05) is 12.3 Å². The second-order valence-corrected chi connectivity index (χ2v) is 6.98. The van der Waals surface area contributed by atoms with Crippen LogP contribution < -0.4 is 10.5 Å². The Hall–Kier alpha value is -1.77. The van der Waals surface area contributed by atoms with Crippen LogP contribution in [0.15, 0.2) is 29.0 Å². The molecule has 0 bridgehead atoms. The average Bonchev–Trinajstić information content (AvgIpc) is 2.90. The fourth-order valence-electron chi connectivity index (χ4n) is 1.77. The molecule has 0 radical (unpaired) electrons. The molecule has 0 saturated heterocycles. The van der Waals surface area contributed by atoms with E-state index in [9.17, 15) is 13.2 Å². The number of thiophene rings is 1. The molecule has 0 spiro atoms. The first-order valence-corrected chi connectivity index (χ1v) is 8.81. The first-order chi connectivity index (χ1) is 9.87. The van der Waals surface area contributed by atoms with Crippen LogP contribution in [-0.2, 0) is 10.0 Å². The second kappa shape index (κ2) is 6.33. The zero-order valence-corrected chi connectivity index (χ0v) is 13.0. The molecule has 0 saturated carbocycles. The van der Waals surface area contributed by atoms with Crippen molar-refractivity contribution in [1.29, 1.82) is 0 Å². The van der Waals surface area contributed by atoms with E-state index in [-0.39, 0.29) is 18.2 Å². The molecule has 2 aromatic rings. The molecular formula is C13H15N3O3S2. The molecule has 0 atom stereocenters. The lowest BCUT2D eigenvalue weighted by molar-refractivity contribution is 0.0955. The van der Waals surface area contributed by atoms with Gasteiger partial charge in [-0.1, -0.05) is 0 Å². The normalized spacial score (nSPS) is 11.3. The van der Waals surface area contributed by atoms with Crippen LogP contribution in [0.4, 0.5) is 0 Å². The largest absolute Gasteiger partial charge is 0.351 e. The van der Waals surface area contributed by atoms with Gasteiger partial charge < -0.3 is 5.32 Å². The summed E-state index contributed by atoms with van der Waals surface area (Å²) in [6.45, 7) is 1.72. The quantitative estimate of drug-likeness (QED) is 0.860. The van der Waals surface area contributed by atoms with Crippen LogP contribution in [0.1, 0.15) is 16.1 Å². The van der Waals surface area contributed by atoms with E-state index < -0.39 is 10.0 Å². The number of aromatic nitrogens is 1. The molecule has 0 aliphatic heterocycles. The van der Waals surface area contributed by atoms with Gasteiger partial charge in [0.2, 0.25) is 10.0 Å². The molecule has 2 aromatic heterocycles. The minimum Gasteiger partial charge on any atom is -0.351 e. The molecule has 0 aliphatic rings. The molecule has 0 unspecified atom stereocenters. The van der Waals surface area contributed by atoms with Gasteiger partial charge in [0.05, 0.1) is 22.7 Å². The Morgan fingerprint density at radius 2 is 2.14 bits per heavy atom. The smallest absolute Gasteiger partial charge is 0.253 e. The van der Waals surface area contributed by atoms with Gasteiger partial charge in [0.25, 0.3) is 5.91 Å². The first-order valence-electron chi connectivity index (χ1n) is 6.16. The van der Waals surface area contributed by atoms with E-state index in [1.165, 1.54) is 0 Å². The van der Waals surface area contributed by atoms with Gasteiger partial charge in [0.15, 0.2) is 0 Å². The standard InChI is InChI=1S/C13H15N3O3S2/c1-9-11(13(17)15-5-7-21(14,18)19)2-3-12(16-9)10-4-6-20-8-10/h2-4,6,8H,5,7H2,1H3,(H,15,17)(H2,14,18,19). The summed E-state index contributed by atoms with van der Waals surface area (Å²) in [4.78, 5) is 16.4. The van der Waals surface area contributed by atoms with Gasteiger partial charge >= 0.3 is 0 Å². The highest BCUT2D eigenvalue weighted by Gasteiger charge is 2.12. The van der Waals surface area contributed by atoms with E-state index >= 15 is 0 Å². The number of amides is 1. The fourth-order valence-corrected chi connectivity index (χ4v) is 2.81. The summed E-state index contributed by atoms with van der Waals surface area (Å²) in [5, 5.41) is 11.3. The Morgan fingerprint density at radius 3 is 2.71 bits per heavy atom. The maximum atomic E-state index is 12.0. The number of carbonyl (C=O) groups excluding carboxylic acids is 1. The number of sulfonamides is 1. The van der Waals surface area contributed by atoms with Gasteiger partial charge in [-0.25, -0.2) is 13.6 Å². The molecule has 2 rings (SSSR count). The zero-order valence-electron chi connectivity index (χ0n) is 11.4. The molecule has 112 valence electrons. The number of nitrogens with zero attached hydrogens (tertiary/aromatic N) is 1. The third kappa shape index (κ3) is 4.35. The van der Waals surface area contributed by atoms with Gasteiger partial charge in [-0.2, -0.15) is 11.3 Å². The van der Waals surface area contributed by atoms with Crippen molar-refractivity contribution in [2.45, 2.75) is 6.92 Å². The zero-order chi connectivity index (χ0) is 15.5. The number of primary sulfonamides is 1. The number of hydrogen-bond acceptors (Lipinski definition) is 5. The van der Waals surface area contributed by atoms with E-state index in [1.807, 2.05) is 16.8 Å². The van der Waals surface area contributed by atoms with E-state index in [4.69, 9.17) is 5.14 Å². The van der Waals surface area contributed by atoms with Crippen molar-refractivity contribution in [3.05, 3.63) is 40.2 Å². The fraction of sp³-hybridized carbons (Fsp3) is 0.231. The monoisotopic (exact) mass is 325 g/mol. The highest BCUT2D eigenvalue weighted by Crippen LogP contribution is 2.21. The summed E-state index contributed by atoms with van der Waals surface area (Å²) in [5.41, 5.74) is 2.81. The topological polar surface area (TPSA) is 102 Å². The minimum atomic E-state index is -3.58. The Kier molecular flexibility index (Phi) is 4.71. The lowest BCUT2D eigenvalue weighted by Gasteiger charge is -2.08. The summed E-state index contributed by atoms with van der Waals surface area (Å²) in [6, 6.07) is 5.41. The number of pyridine rings is 1. The van der Waals surface area contributed by atoms with Gasteiger partial charge in [0.1, 0.15) is 0 Å². The van der Waals surface area contributed by atoms with Crippen molar-refractivity contribution in [3.8, 4) is 11.3 Å². The van der Waals surface area contributed by atoms with E-state index in [2.05, 4.69) is 10.3 Å². The molecule has 3 N–H and O–H groups in total. The SMILES string of the molecule is Cc1nc(-c2ccsc2)ccc1C(=O)NCCS(N)(=O)=O. The lowest BCUT2D eigenvalue weighted by atomic mass is 10.1. The first kappa shape index (κ1) is 15.6. The van der Waals surface area contributed by atoms with Crippen LogP contribution in [0.5, 0.6) is 0 Å². The lowest BCUT2D eigenvalue weighted by Crippen LogP contribution is -2.31. The van der Waals surface area contributed by atoms with Crippen LogP contribution in [0.2, 0.25) is 0 Å². The molecule has 6 nitrogen and oxygen atoms in total. The van der Waals surface area contributed by atoms with Gasteiger partial charge in [-0.15, -0.1) is 0 Å². The van der Waals surface area contributed by atoms with Crippen LogP contribution in [-0.4, -0.2) is 31.6 Å². The summed E-state index contributed by atoms with van der Waals surface area (Å²) >= 11 is 1.58. The minimum absolute atomic E-state index is 0.0244. The Bertz CT molecular complexity index is 740. The third-order valence-corrected chi connectivity index (χ3v) is 4.28. The van der Waals surface area contributed by atoms with Gasteiger partial charge in [-0.05, 0) is 30.5 Å². The van der Waals surface area contributed by atoms with E-state index in [0.717, 1.165) is 11.3 Å². The van der Waals surface area contributed by atoms with Crippen molar-refractivity contribution in [2.24, 2.45) is 5.14 Å². The molecule has 0 fully saturated rings. The maximum Gasteiger partial charge on any atom is 0.253 e. The van der Waals surface area contributed by atoms with Gasteiger partial charge in [0, 0.05) is 17.5 Å². The Morgan fingerprint density at radius 1 is 1.38 bits per heavy atom. The second-order valence-electron chi connectivity index (χ2n) is 4.46. The molecular weight excluding hydrogens is 310 g/mol. The number of aryl methyl sites for hydroxylation is 1. The number of hydrogen-bond donors (Lipinski definition) is 2. The number of carbonyl (C=O) groups is 1. The van der Waals surface area contributed by atoms with Crippen LogP contribution in [0.25, 0.3) is 11.3 Å². The molecule has 8 heteroatoms. The predicted octanol–water partition coefficient (Wildman–Crippen LogP) is 1.14. The number of nitrogens with two attached hydrogens (primary N) is 1. The average molecular weight is 325 g/mol. The summed E-state index contributed by atoms with van der Waals surface area (Å²) < 4.78 is 21.6. The highest BCUT2D eigenvalue weighted by molar-refractivity contribution is 7.89. The Balaban J connectivity index is 2.08. The van der Waals surface area contributed by atoms with Crippen LogP contribution in [0.3, 0.4) is 0 Å². The summed E-state index contributed by atoms with van der Waals surface area (Å²) in [7, 11) is -3.58. The van der Waals surface area contributed by atoms with E-state index in [0.29, 0.717) is 11.3 Å². The Labute approximate surface area is 127 Å². The van der Waals surface area contributed by atoms with Crippen LogP contribution in [0, 0.1) is 6.92 Å². The number of rotatable bonds is 5. The van der Waals surface area contributed by atoms with Crippen molar-refractivity contribution >= 4 is 27.3 Å². The maximum absolute atomic E-state index is 12.0. The molecule has 21 heavy (non-hydrogen) atoms. The van der Waals surface area contributed by atoms with Crippen LogP contribution >= 0.6 is 11.3 Å². The predicted molar refractivity (Wildman–Crippen MR) is 82.6 cm³/mol. The molecule has 0 aliphatic carbocycles. The summed E-state index contributed by atoms with van der Waals surface area (Å²) in [6.07, 6.45) is 0. The summed E-state index contributed by atoms with van der Waals surface area (Å²) in [5.74, 6) is -0.654. The van der Waals surface area contributed by atoms with Crippen molar-refractivity contribution in [1.82, 2.24) is 10.3 Å². The van der Waals surface area contributed by atoms with Crippen molar-refractivity contribution in [3.63, 3.8) is 0 Å². The molecule has 1 amide bonds. The third-order valence-electron chi connectivity index (χ3n) is 2.82.